The molecule has 0 aliphatic heterocycles. The van der Waals surface area contributed by atoms with Crippen LogP contribution >= 0.6 is 11.3 Å². The van der Waals surface area contributed by atoms with E-state index >= 15 is 0 Å². The number of aryl methyl sites for hydroxylation is 1. The summed E-state index contributed by atoms with van der Waals surface area (Å²) in [6, 6.07) is 3.65. The second-order valence-electron chi connectivity index (χ2n) is 4.24. The van der Waals surface area contributed by atoms with Gasteiger partial charge in [0.15, 0.2) is 0 Å². The molecule has 0 unspecified atom stereocenters. The van der Waals surface area contributed by atoms with Crippen molar-refractivity contribution in [1.82, 2.24) is 9.97 Å². The first-order chi connectivity index (χ1) is 7.72. The van der Waals surface area contributed by atoms with E-state index in [1.165, 1.54) is 4.88 Å². The maximum Gasteiger partial charge on any atom is 0.251 e. The molecule has 1 saturated carbocycles. The molecule has 0 bridgehead atoms. The first-order valence-corrected chi connectivity index (χ1v) is 6.27. The first kappa shape index (κ1) is 9.78. The quantitative estimate of drug-likeness (QED) is 0.865. The predicted molar refractivity (Wildman–Crippen MR) is 64.9 cm³/mol. The minimum Gasteiger partial charge on any atom is -0.310 e. The molecular weight excluding hydrogens is 220 g/mol. The summed E-state index contributed by atoms with van der Waals surface area (Å²) in [6.07, 6.45) is 2.30. The van der Waals surface area contributed by atoms with Crippen molar-refractivity contribution in [2.75, 3.05) is 0 Å². The molecule has 2 aromatic heterocycles. The lowest BCUT2D eigenvalue weighted by Crippen LogP contribution is -2.10. The van der Waals surface area contributed by atoms with E-state index in [1.807, 2.05) is 5.38 Å². The van der Waals surface area contributed by atoms with Gasteiger partial charge in [0.2, 0.25) is 0 Å². The monoisotopic (exact) mass is 232 g/mol. The van der Waals surface area contributed by atoms with Crippen molar-refractivity contribution in [2.24, 2.45) is 0 Å². The minimum atomic E-state index is -0.0456. The largest absolute Gasteiger partial charge is 0.310 e. The van der Waals surface area contributed by atoms with E-state index < -0.39 is 0 Å². The molecule has 0 aromatic carbocycles. The van der Waals surface area contributed by atoms with Gasteiger partial charge in [-0.3, -0.25) is 4.79 Å². The van der Waals surface area contributed by atoms with Crippen molar-refractivity contribution in [2.45, 2.75) is 25.7 Å². The number of nitrogens with one attached hydrogen (secondary N) is 1. The summed E-state index contributed by atoms with van der Waals surface area (Å²) in [5, 5.41) is 2.05. The smallest absolute Gasteiger partial charge is 0.251 e. The number of rotatable bonds is 2. The summed E-state index contributed by atoms with van der Waals surface area (Å²) >= 11 is 1.68. The molecule has 0 amide bonds. The Hall–Kier alpha value is -1.42. The third-order valence-corrected chi connectivity index (χ3v) is 3.61. The summed E-state index contributed by atoms with van der Waals surface area (Å²) < 4.78 is 0. The number of hydrogen-bond donors (Lipinski definition) is 1. The third kappa shape index (κ3) is 1.80. The van der Waals surface area contributed by atoms with Crippen LogP contribution < -0.4 is 5.56 Å². The van der Waals surface area contributed by atoms with E-state index in [2.05, 4.69) is 23.0 Å². The van der Waals surface area contributed by atoms with Crippen molar-refractivity contribution in [3.8, 4) is 11.3 Å². The first-order valence-electron chi connectivity index (χ1n) is 5.39. The SMILES string of the molecule is Cc1cc(-c2cc(=O)[nH]c(C3CC3)n2)cs1. The highest BCUT2D eigenvalue weighted by atomic mass is 32.1. The van der Waals surface area contributed by atoms with Crippen molar-refractivity contribution in [1.29, 1.82) is 0 Å². The molecule has 4 heteroatoms. The molecule has 0 spiro atoms. The predicted octanol–water partition coefficient (Wildman–Crippen LogP) is 2.68. The summed E-state index contributed by atoms with van der Waals surface area (Å²) in [6.45, 7) is 2.06. The van der Waals surface area contributed by atoms with Crippen molar-refractivity contribution in [3.05, 3.63) is 38.6 Å². The van der Waals surface area contributed by atoms with Crippen LogP contribution in [0.4, 0.5) is 0 Å². The molecule has 0 saturated heterocycles. The van der Waals surface area contributed by atoms with E-state index in [1.54, 1.807) is 17.4 Å². The number of aromatic amines is 1. The second kappa shape index (κ2) is 3.56. The third-order valence-electron chi connectivity index (χ3n) is 2.75. The fraction of sp³-hybridized carbons (Fsp3) is 0.333. The molecule has 1 fully saturated rings. The van der Waals surface area contributed by atoms with Gasteiger partial charge in [-0.15, -0.1) is 11.3 Å². The van der Waals surface area contributed by atoms with Crippen LogP contribution in [0.1, 0.15) is 29.5 Å². The molecule has 0 radical (unpaired) electrons. The Morgan fingerprint density at radius 2 is 2.25 bits per heavy atom. The van der Waals surface area contributed by atoms with Gasteiger partial charge >= 0.3 is 0 Å². The zero-order valence-corrected chi connectivity index (χ0v) is 9.80. The number of H-pyrrole nitrogens is 1. The average Bonchev–Trinajstić information content (AvgIpc) is 3.01. The van der Waals surface area contributed by atoms with E-state index in [-0.39, 0.29) is 5.56 Å². The van der Waals surface area contributed by atoms with Gasteiger partial charge in [0.1, 0.15) is 5.82 Å². The van der Waals surface area contributed by atoms with Crippen LogP contribution in [-0.4, -0.2) is 9.97 Å². The summed E-state index contributed by atoms with van der Waals surface area (Å²) in [7, 11) is 0. The Morgan fingerprint density at radius 3 is 2.88 bits per heavy atom. The Labute approximate surface area is 97.2 Å². The molecule has 1 aliphatic carbocycles. The van der Waals surface area contributed by atoms with Gasteiger partial charge in [-0.2, -0.15) is 0 Å². The van der Waals surface area contributed by atoms with Crippen molar-refractivity contribution in [3.63, 3.8) is 0 Å². The topological polar surface area (TPSA) is 45.8 Å². The molecule has 3 nitrogen and oxygen atoms in total. The van der Waals surface area contributed by atoms with E-state index in [9.17, 15) is 4.79 Å². The lowest BCUT2D eigenvalue weighted by Gasteiger charge is -2.00. The lowest BCUT2D eigenvalue weighted by atomic mass is 10.2. The summed E-state index contributed by atoms with van der Waals surface area (Å²) in [5.41, 5.74) is 1.81. The molecular formula is C12H12N2OS. The lowest BCUT2D eigenvalue weighted by molar-refractivity contribution is 0.912. The van der Waals surface area contributed by atoms with Crippen LogP contribution in [0.25, 0.3) is 11.3 Å². The van der Waals surface area contributed by atoms with Crippen LogP contribution in [0.2, 0.25) is 0 Å². The van der Waals surface area contributed by atoms with Crippen LogP contribution in [0.3, 0.4) is 0 Å². The Morgan fingerprint density at radius 1 is 1.44 bits per heavy atom. The van der Waals surface area contributed by atoms with Crippen molar-refractivity contribution >= 4 is 11.3 Å². The maximum absolute atomic E-state index is 11.5. The molecule has 1 aliphatic rings. The molecule has 2 heterocycles. The van der Waals surface area contributed by atoms with Gasteiger partial charge in [0.05, 0.1) is 5.69 Å². The number of aromatic nitrogens is 2. The maximum atomic E-state index is 11.5. The Bertz CT molecular complexity index is 581. The highest BCUT2D eigenvalue weighted by Crippen LogP contribution is 2.38. The standard InChI is InChI=1S/C12H12N2OS/c1-7-4-9(6-16-7)10-5-11(15)14-12(13-10)8-2-3-8/h4-6,8H,2-3H2,1H3,(H,13,14,15). The van der Waals surface area contributed by atoms with Gasteiger partial charge in [-0.25, -0.2) is 4.98 Å². The summed E-state index contributed by atoms with van der Waals surface area (Å²) in [4.78, 5) is 20.1. The fourth-order valence-electron chi connectivity index (χ4n) is 1.75. The highest BCUT2D eigenvalue weighted by Gasteiger charge is 2.26. The van der Waals surface area contributed by atoms with E-state index in [0.29, 0.717) is 5.92 Å². The number of nitrogens with zero attached hydrogens (tertiary/aromatic N) is 1. The normalized spacial score (nSPS) is 15.3. The van der Waals surface area contributed by atoms with Gasteiger partial charge in [-0.1, -0.05) is 0 Å². The van der Waals surface area contributed by atoms with Crippen molar-refractivity contribution < 1.29 is 0 Å². The zero-order valence-electron chi connectivity index (χ0n) is 8.99. The molecule has 0 atom stereocenters. The van der Waals surface area contributed by atoms with Gasteiger partial charge in [0, 0.05) is 27.8 Å². The van der Waals surface area contributed by atoms with Crippen LogP contribution in [0.5, 0.6) is 0 Å². The summed E-state index contributed by atoms with van der Waals surface area (Å²) in [5.74, 6) is 1.33. The Balaban J connectivity index is 2.09. The number of thiophene rings is 1. The molecule has 3 rings (SSSR count). The fourth-order valence-corrected chi connectivity index (χ4v) is 2.45. The highest BCUT2D eigenvalue weighted by molar-refractivity contribution is 7.10. The molecule has 82 valence electrons. The van der Waals surface area contributed by atoms with E-state index in [4.69, 9.17) is 0 Å². The number of hydrogen-bond acceptors (Lipinski definition) is 3. The van der Waals surface area contributed by atoms with E-state index in [0.717, 1.165) is 29.9 Å². The Kier molecular flexibility index (Phi) is 2.17. The molecule has 1 N–H and O–H groups in total. The molecule has 2 aromatic rings. The van der Waals surface area contributed by atoms with Gasteiger partial charge in [-0.05, 0) is 25.8 Å². The minimum absolute atomic E-state index is 0.0456. The second-order valence-corrected chi connectivity index (χ2v) is 5.35. The van der Waals surface area contributed by atoms with Crippen LogP contribution in [0, 0.1) is 6.92 Å². The molecule has 16 heavy (non-hydrogen) atoms. The van der Waals surface area contributed by atoms with Gasteiger partial charge in [0.25, 0.3) is 5.56 Å². The zero-order chi connectivity index (χ0) is 11.1. The average molecular weight is 232 g/mol. The van der Waals surface area contributed by atoms with Crippen LogP contribution in [-0.2, 0) is 0 Å². The van der Waals surface area contributed by atoms with Gasteiger partial charge < -0.3 is 4.98 Å². The van der Waals surface area contributed by atoms with Crippen LogP contribution in [0.15, 0.2) is 22.3 Å².